The van der Waals surface area contributed by atoms with Gasteiger partial charge in [0.2, 0.25) is 0 Å². The van der Waals surface area contributed by atoms with E-state index in [1.807, 2.05) is 0 Å². The number of nitrogens with one attached hydrogen (secondary N) is 1. The number of ketones is 1. The molecule has 0 saturated carbocycles. The monoisotopic (exact) mass is 405 g/mol. The van der Waals surface area contributed by atoms with Crippen molar-refractivity contribution in [3.63, 3.8) is 0 Å². The van der Waals surface area contributed by atoms with Gasteiger partial charge in [-0.3, -0.25) is 4.79 Å². The second-order valence-electron chi connectivity index (χ2n) is 5.87. The topological polar surface area (TPSA) is 64.6 Å². The van der Waals surface area contributed by atoms with Gasteiger partial charge in [-0.15, -0.1) is 0 Å². The summed E-state index contributed by atoms with van der Waals surface area (Å²) in [5.74, 6) is -0.0479. The first-order chi connectivity index (χ1) is 10.7. The van der Waals surface area contributed by atoms with Crippen LogP contribution in [0.2, 0.25) is 5.02 Å². The van der Waals surface area contributed by atoms with Crippen LogP contribution >= 0.6 is 27.5 Å². The van der Waals surface area contributed by atoms with E-state index in [9.17, 15) is 9.59 Å². The van der Waals surface area contributed by atoms with Crippen LogP contribution in [0.25, 0.3) is 0 Å². The maximum absolute atomic E-state index is 12.0. The van der Waals surface area contributed by atoms with Gasteiger partial charge in [0, 0.05) is 28.0 Å². The highest BCUT2D eigenvalue weighted by atomic mass is 79.9. The van der Waals surface area contributed by atoms with Crippen molar-refractivity contribution in [2.45, 2.75) is 32.8 Å². The molecular formula is C16H21BrClNO4. The number of hydrogen-bond acceptors (Lipinski definition) is 4. The minimum Gasteiger partial charge on any atom is -0.444 e. The Hall–Kier alpha value is -1.11. The molecule has 128 valence electrons. The maximum atomic E-state index is 12.0. The molecule has 0 fully saturated rings. The summed E-state index contributed by atoms with van der Waals surface area (Å²) in [7, 11) is 0. The summed E-state index contributed by atoms with van der Waals surface area (Å²) in [5.41, 5.74) is 0.0163. The molecule has 0 radical (unpaired) electrons. The lowest BCUT2D eigenvalue weighted by Gasteiger charge is -2.19. The zero-order valence-corrected chi connectivity index (χ0v) is 15.8. The second-order valence-corrected chi connectivity index (χ2v) is 7.22. The molecule has 0 unspecified atom stereocenters. The third-order valence-electron chi connectivity index (χ3n) is 2.57. The number of hydrogen-bond donors (Lipinski definition) is 1. The lowest BCUT2D eigenvalue weighted by atomic mass is 10.1. The number of halogens is 2. The van der Waals surface area contributed by atoms with Gasteiger partial charge in [-0.1, -0.05) is 27.5 Å². The fourth-order valence-corrected chi connectivity index (χ4v) is 2.53. The Bertz CT molecular complexity index is 537. The summed E-state index contributed by atoms with van der Waals surface area (Å²) in [6.45, 7) is 6.30. The van der Waals surface area contributed by atoms with Gasteiger partial charge >= 0.3 is 6.09 Å². The van der Waals surface area contributed by atoms with Crippen molar-refractivity contribution in [1.29, 1.82) is 0 Å². The Morgan fingerprint density at radius 3 is 2.52 bits per heavy atom. The second kappa shape index (κ2) is 9.25. The van der Waals surface area contributed by atoms with E-state index in [1.165, 1.54) is 0 Å². The number of amides is 1. The van der Waals surface area contributed by atoms with Crippen molar-refractivity contribution >= 4 is 39.4 Å². The van der Waals surface area contributed by atoms with Gasteiger partial charge in [-0.25, -0.2) is 4.79 Å². The molecule has 0 saturated heterocycles. The largest absolute Gasteiger partial charge is 0.444 e. The van der Waals surface area contributed by atoms with E-state index in [2.05, 4.69) is 21.2 Å². The van der Waals surface area contributed by atoms with Gasteiger partial charge in [-0.2, -0.15) is 0 Å². The Morgan fingerprint density at radius 2 is 1.91 bits per heavy atom. The molecule has 0 heterocycles. The highest BCUT2D eigenvalue weighted by Gasteiger charge is 2.15. The Kier molecular flexibility index (Phi) is 8.02. The van der Waals surface area contributed by atoms with Crippen LogP contribution in [-0.4, -0.2) is 37.2 Å². The molecular weight excluding hydrogens is 386 g/mol. The van der Waals surface area contributed by atoms with E-state index >= 15 is 0 Å². The highest BCUT2D eigenvalue weighted by molar-refractivity contribution is 9.10. The van der Waals surface area contributed by atoms with Gasteiger partial charge in [-0.05, 0) is 39.0 Å². The molecule has 0 bridgehead atoms. The van der Waals surface area contributed by atoms with Gasteiger partial charge in [0.25, 0.3) is 0 Å². The molecule has 5 nitrogen and oxygen atoms in total. The predicted octanol–water partition coefficient (Wildman–Crippen LogP) is 4.22. The smallest absolute Gasteiger partial charge is 0.407 e. The number of rotatable bonds is 7. The highest BCUT2D eigenvalue weighted by Crippen LogP contribution is 2.20. The molecule has 0 spiro atoms. The summed E-state index contributed by atoms with van der Waals surface area (Å²) in [4.78, 5) is 23.4. The van der Waals surface area contributed by atoms with Crippen molar-refractivity contribution < 1.29 is 19.1 Å². The fraction of sp³-hybridized carbons (Fsp3) is 0.500. The molecule has 7 heteroatoms. The molecule has 1 N–H and O–H groups in total. The third-order valence-corrected chi connectivity index (χ3v) is 3.25. The number of Topliss-reactive ketones (excluding diaryl/α,β-unsaturated/α-hetero) is 1. The Morgan fingerprint density at radius 1 is 1.22 bits per heavy atom. The zero-order chi connectivity index (χ0) is 17.5. The van der Waals surface area contributed by atoms with E-state index in [4.69, 9.17) is 21.1 Å². The summed E-state index contributed by atoms with van der Waals surface area (Å²) >= 11 is 9.20. The molecule has 0 aromatic heterocycles. The van der Waals surface area contributed by atoms with Crippen LogP contribution < -0.4 is 5.32 Å². The summed E-state index contributed by atoms with van der Waals surface area (Å²) in [6.07, 6.45) is -0.236. The van der Waals surface area contributed by atoms with E-state index in [0.717, 1.165) is 4.47 Å². The van der Waals surface area contributed by atoms with Gasteiger partial charge in [0.15, 0.2) is 5.78 Å². The number of carbonyl (C=O) groups excluding carboxylic acids is 2. The maximum Gasteiger partial charge on any atom is 0.407 e. The molecule has 1 aromatic rings. The van der Waals surface area contributed by atoms with Crippen LogP contribution in [-0.2, 0) is 9.47 Å². The molecule has 1 amide bonds. The minimum absolute atomic E-state index is 0.0479. The number of alkyl carbamates (subject to hydrolysis) is 1. The standard InChI is InChI=1S/C16H21BrClNO4/c1-16(2,3)23-15(21)19-5-7-22-6-4-14(20)11-8-12(17)10-13(18)9-11/h8-10H,4-7H2,1-3H3,(H,19,21). The van der Waals surface area contributed by atoms with Crippen LogP contribution in [0.3, 0.4) is 0 Å². The first-order valence-electron chi connectivity index (χ1n) is 7.21. The lowest BCUT2D eigenvalue weighted by Crippen LogP contribution is -2.34. The first-order valence-corrected chi connectivity index (χ1v) is 8.38. The summed E-state index contributed by atoms with van der Waals surface area (Å²) in [6, 6.07) is 5.06. The number of benzene rings is 1. The molecule has 0 aliphatic rings. The van der Waals surface area contributed by atoms with E-state index in [-0.39, 0.29) is 18.8 Å². The van der Waals surface area contributed by atoms with E-state index in [0.29, 0.717) is 23.7 Å². The quantitative estimate of drug-likeness (QED) is 0.544. The van der Waals surface area contributed by atoms with Crippen LogP contribution in [0.1, 0.15) is 37.6 Å². The van der Waals surface area contributed by atoms with Crippen molar-refractivity contribution in [1.82, 2.24) is 5.32 Å². The average Bonchev–Trinajstić information content (AvgIpc) is 2.39. The molecule has 0 aliphatic heterocycles. The Labute approximate surface area is 149 Å². The molecule has 0 atom stereocenters. The normalized spacial score (nSPS) is 11.2. The van der Waals surface area contributed by atoms with Crippen molar-refractivity contribution in [3.8, 4) is 0 Å². The molecule has 1 aromatic carbocycles. The van der Waals surface area contributed by atoms with Crippen molar-refractivity contribution in [2.24, 2.45) is 0 Å². The molecule has 0 aliphatic carbocycles. The zero-order valence-electron chi connectivity index (χ0n) is 13.4. The minimum atomic E-state index is -0.525. The van der Waals surface area contributed by atoms with Crippen LogP contribution in [0.5, 0.6) is 0 Å². The average molecular weight is 407 g/mol. The van der Waals surface area contributed by atoms with Gasteiger partial charge in [0.05, 0.1) is 13.2 Å². The van der Waals surface area contributed by atoms with E-state index < -0.39 is 11.7 Å². The lowest BCUT2D eigenvalue weighted by molar-refractivity contribution is 0.0495. The van der Waals surface area contributed by atoms with Crippen LogP contribution in [0.4, 0.5) is 4.79 Å². The van der Waals surface area contributed by atoms with Crippen LogP contribution in [0, 0.1) is 0 Å². The van der Waals surface area contributed by atoms with Crippen molar-refractivity contribution in [3.05, 3.63) is 33.3 Å². The molecule has 23 heavy (non-hydrogen) atoms. The van der Waals surface area contributed by atoms with E-state index in [1.54, 1.807) is 39.0 Å². The summed E-state index contributed by atoms with van der Waals surface area (Å²) < 4.78 is 11.2. The first kappa shape index (κ1) is 19.9. The van der Waals surface area contributed by atoms with Crippen molar-refractivity contribution in [2.75, 3.05) is 19.8 Å². The number of carbonyl (C=O) groups is 2. The summed E-state index contributed by atoms with van der Waals surface area (Å²) in [5, 5.41) is 3.08. The third kappa shape index (κ3) is 8.93. The Balaban J connectivity index is 2.20. The van der Waals surface area contributed by atoms with Gasteiger partial charge in [0.1, 0.15) is 5.60 Å². The SMILES string of the molecule is CC(C)(C)OC(=O)NCCOCCC(=O)c1cc(Cl)cc(Br)c1. The predicted molar refractivity (Wildman–Crippen MR) is 93.2 cm³/mol. The number of ether oxygens (including phenoxy) is 2. The fourth-order valence-electron chi connectivity index (χ4n) is 1.67. The van der Waals surface area contributed by atoms with Gasteiger partial charge < -0.3 is 14.8 Å². The van der Waals surface area contributed by atoms with Crippen LogP contribution in [0.15, 0.2) is 22.7 Å². The molecule has 1 rings (SSSR count).